The third kappa shape index (κ3) is 2.32. The number of hydrogen-bond acceptors (Lipinski definition) is 5. The van der Waals surface area contributed by atoms with E-state index in [1.807, 2.05) is 0 Å². The van der Waals surface area contributed by atoms with Crippen LogP contribution in [-0.4, -0.2) is 20.5 Å². The normalized spacial score (nSPS) is 11.7. The highest BCUT2D eigenvalue weighted by Crippen LogP contribution is 2.04. The molecule has 62 valence electrons. The summed E-state index contributed by atoms with van der Waals surface area (Å²) < 4.78 is 30.4. The molecule has 5 nitrogen and oxygen atoms in total. The van der Waals surface area contributed by atoms with Crippen LogP contribution >= 0.6 is 0 Å². The molecule has 0 aromatic carbocycles. The number of nitrogens with zero attached hydrogens (tertiary/aromatic N) is 1. The molecule has 0 aliphatic heterocycles. The van der Waals surface area contributed by atoms with Crippen molar-refractivity contribution in [2.75, 3.05) is 7.11 Å². The Morgan fingerprint density at radius 2 is 2.45 bits per heavy atom. The lowest BCUT2D eigenvalue weighted by Gasteiger charge is -1.95. The molecule has 0 saturated heterocycles. The molecule has 0 unspecified atom stereocenters. The van der Waals surface area contributed by atoms with Gasteiger partial charge < -0.3 is 4.42 Å². The molecule has 11 heavy (non-hydrogen) atoms. The minimum atomic E-state index is -3.48. The average Bonchev–Trinajstić information content (AvgIpc) is 2.39. The quantitative estimate of drug-likeness (QED) is 0.615. The maximum atomic E-state index is 10.8. The average molecular weight is 177 g/mol. The lowest BCUT2D eigenvalue weighted by Crippen LogP contribution is -2.04. The van der Waals surface area contributed by atoms with E-state index in [0.717, 1.165) is 7.11 Å². The molecule has 0 bridgehead atoms. The molecule has 6 heteroatoms. The van der Waals surface area contributed by atoms with Crippen molar-refractivity contribution < 1.29 is 17.0 Å². The first-order valence-electron chi connectivity index (χ1n) is 2.80. The third-order valence-corrected chi connectivity index (χ3v) is 2.20. The summed E-state index contributed by atoms with van der Waals surface area (Å²) in [5, 5.41) is 0. The lowest BCUT2D eigenvalue weighted by atomic mass is 10.6. The molecule has 0 amide bonds. The van der Waals surface area contributed by atoms with E-state index in [1.54, 1.807) is 0 Å². The monoisotopic (exact) mass is 177 g/mol. The van der Waals surface area contributed by atoms with Crippen LogP contribution < -0.4 is 0 Å². The van der Waals surface area contributed by atoms with Crippen molar-refractivity contribution in [3.8, 4) is 0 Å². The fourth-order valence-corrected chi connectivity index (χ4v) is 1.16. The van der Waals surface area contributed by atoms with Crippen LogP contribution in [0, 0.1) is 0 Å². The zero-order chi connectivity index (χ0) is 8.32. The van der Waals surface area contributed by atoms with Gasteiger partial charge in [-0.3, -0.25) is 4.18 Å². The molecule has 0 saturated carbocycles. The van der Waals surface area contributed by atoms with Gasteiger partial charge >= 0.3 is 0 Å². The highest BCUT2D eigenvalue weighted by atomic mass is 32.2. The Balaban J connectivity index is 2.72. The van der Waals surface area contributed by atoms with Gasteiger partial charge in [-0.2, -0.15) is 8.42 Å². The molecule has 0 atom stereocenters. The van der Waals surface area contributed by atoms with E-state index < -0.39 is 10.1 Å². The van der Waals surface area contributed by atoms with E-state index in [2.05, 4.69) is 9.17 Å². The molecule has 1 aromatic rings. The van der Waals surface area contributed by atoms with E-state index in [-0.39, 0.29) is 11.5 Å². The van der Waals surface area contributed by atoms with Crippen LogP contribution in [0.5, 0.6) is 0 Å². The summed E-state index contributed by atoms with van der Waals surface area (Å²) in [7, 11) is -2.37. The summed E-state index contributed by atoms with van der Waals surface area (Å²) in [6, 6.07) is 0. The Morgan fingerprint density at radius 1 is 1.73 bits per heavy atom. The molecule has 0 radical (unpaired) electrons. The Bertz CT molecular complexity index is 301. The molecule has 0 fully saturated rings. The Labute approximate surface area is 64.1 Å². The second-order valence-corrected chi connectivity index (χ2v) is 3.57. The largest absolute Gasteiger partial charge is 0.447 e. The standard InChI is InChI=1S/C5H7NO4S/c1-9-11(7,8)3-5-2-6-4-10-5/h2,4H,3H2,1H3. The third-order valence-electron chi connectivity index (χ3n) is 1.06. The summed E-state index contributed by atoms with van der Waals surface area (Å²) in [6.07, 6.45) is 2.50. The van der Waals surface area contributed by atoms with Crippen LogP contribution in [0.25, 0.3) is 0 Å². The zero-order valence-corrected chi connectivity index (χ0v) is 6.67. The van der Waals surface area contributed by atoms with Crippen LogP contribution in [0.4, 0.5) is 0 Å². The summed E-state index contributed by atoms with van der Waals surface area (Å²) in [6.45, 7) is 0. The second-order valence-electron chi connectivity index (χ2n) is 1.84. The van der Waals surface area contributed by atoms with Crippen LogP contribution in [0.1, 0.15) is 5.76 Å². The summed E-state index contributed by atoms with van der Waals surface area (Å²) in [5.41, 5.74) is 0. The van der Waals surface area contributed by atoms with Crippen LogP contribution in [-0.2, 0) is 20.1 Å². The highest BCUT2D eigenvalue weighted by molar-refractivity contribution is 7.85. The predicted octanol–water partition coefficient (Wildman–Crippen LogP) is 0.151. The van der Waals surface area contributed by atoms with E-state index in [1.165, 1.54) is 12.6 Å². The van der Waals surface area contributed by atoms with Gasteiger partial charge in [-0.15, -0.1) is 0 Å². The van der Waals surface area contributed by atoms with Gasteiger partial charge in [-0.25, -0.2) is 4.98 Å². The van der Waals surface area contributed by atoms with Gasteiger partial charge in [-0.05, 0) is 0 Å². The summed E-state index contributed by atoms with van der Waals surface area (Å²) in [5.74, 6) is -0.00407. The second kappa shape index (κ2) is 3.02. The number of rotatable bonds is 3. The Hall–Kier alpha value is -0.880. The van der Waals surface area contributed by atoms with Gasteiger partial charge in [0, 0.05) is 0 Å². The maximum absolute atomic E-state index is 10.8. The van der Waals surface area contributed by atoms with Crippen molar-refractivity contribution in [1.29, 1.82) is 0 Å². The van der Waals surface area contributed by atoms with Gasteiger partial charge in [-0.1, -0.05) is 0 Å². The van der Waals surface area contributed by atoms with Crippen molar-refractivity contribution in [2.45, 2.75) is 5.75 Å². The molecular weight excluding hydrogens is 170 g/mol. The number of aromatic nitrogens is 1. The molecule has 1 heterocycles. The van der Waals surface area contributed by atoms with Crippen molar-refractivity contribution in [1.82, 2.24) is 4.98 Å². The van der Waals surface area contributed by atoms with Gasteiger partial charge in [0.1, 0.15) is 11.5 Å². The predicted molar refractivity (Wildman–Crippen MR) is 36.1 cm³/mol. The van der Waals surface area contributed by atoms with E-state index >= 15 is 0 Å². The van der Waals surface area contributed by atoms with Gasteiger partial charge in [0.05, 0.1) is 13.3 Å². The van der Waals surface area contributed by atoms with Crippen LogP contribution in [0.2, 0.25) is 0 Å². The molecule has 1 aromatic heterocycles. The highest BCUT2D eigenvalue weighted by Gasteiger charge is 2.11. The van der Waals surface area contributed by atoms with Crippen molar-refractivity contribution in [3.63, 3.8) is 0 Å². The number of hydrogen-bond donors (Lipinski definition) is 0. The fraction of sp³-hybridized carbons (Fsp3) is 0.400. The van der Waals surface area contributed by atoms with Crippen molar-refractivity contribution in [3.05, 3.63) is 18.4 Å². The first kappa shape index (κ1) is 8.22. The Morgan fingerprint density at radius 3 is 2.91 bits per heavy atom. The minimum Gasteiger partial charge on any atom is -0.447 e. The maximum Gasteiger partial charge on any atom is 0.274 e. The molecule has 0 N–H and O–H groups in total. The smallest absolute Gasteiger partial charge is 0.274 e. The van der Waals surface area contributed by atoms with Gasteiger partial charge in [0.25, 0.3) is 10.1 Å². The topological polar surface area (TPSA) is 69.4 Å². The van der Waals surface area contributed by atoms with Gasteiger partial charge in [0.15, 0.2) is 6.39 Å². The molecule has 0 spiro atoms. The van der Waals surface area contributed by atoms with Crippen LogP contribution in [0.3, 0.4) is 0 Å². The van der Waals surface area contributed by atoms with Gasteiger partial charge in [0.2, 0.25) is 0 Å². The lowest BCUT2D eigenvalue weighted by molar-refractivity contribution is 0.392. The molecule has 1 rings (SSSR count). The molecule has 0 aliphatic carbocycles. The van der Waals surface area contributed by atoms with E-state index in [4.69, 9.17) is 4.42 Å². The van der Waals surface area contributed by atoms with E-state index in [9.17, 15) is 8.42 Å². The fourth-order valence-electron chi connectivity index (χ4n) is 0.547. The molecular formula is C5H7NO4S. The van der Waals surface area contributed by atoms with E-state index in [0.29, 0.717) is 0 Å². The summed E-state index contributed by atoms with van der Waals surface area (Å²) >= 11 is 0. The SMILES string of the molecule is COS(=O)(=O)Cc1cnco1. The Kier molecular flexibility index (Phi) is 2.25. The summed E-state index contributed by atoms with van der Waals surface area (Å²) in [4.78, 5) is 3.55. The number of oxazole rings is 1. The zero-order valence-electron chi connectivity index (χ0n) is 5.85. The van der Waals surface area contributed by atoms with Crippen molar-refractivity contribution >= 4 is 10.1 Å². The first-order chi connectivity index (χ1) is 5.14. The first-order valence-corrected chi connectivity index (χ1v) is 4.37. The van der Waals surface area contributed by atoms with Crippen LogP contribution in [0.15, 0.2) is 17.0 Å². The minimum absolute atomic E-state index is 0.270. The van der Waals surface area contributed by atoms with Crippen molar-refractivity contribution in [2.24, 2.45) is 0 Å². The molecule has 0 aliphatic rings.